The van der Waals surface area contributed by atoms with E-state index in [0.717, 1.165) is 60.1 Å². The number of fused-ring (bicyclic) bond motifs is 1. The maximum Gasteiger partial charge on any atom is 0.244 e. The Morgan fingerprint density at radius 1 is 1.17 bits per heavy atom. The van der Waals surface area contributed by atoms with Gasteiger partial charge in [0.25, 0.3) is 0 Å². The highest BCUT2D eigenvalue weighted by Crippen LogP contribution is 2.37. The van der Waals surface area contributed by atoms with Crippen LogP contribution in [0.25, 0.3) is 22.3 Å². The Morgan fingerprint density at radius 3 is 2.58 bits per heavy atom. The number of rotatable bonds is 7. The fourth-order valence-corrected chi connectivity index (χ4v) is 6.34. The van der Waals surface area contributed by atoms with Gasteiger partial charge in [-0.05, 0) is 56.2 Å². The van der Waals surface area contributed by atoms with Gasteiger partial charge in [0.1, 0.15) is 10.5 Å². The Bertz CT molecular complexity index is 1290. The van der Waals surface area contributed by atoms with E-state index in [9.17, 15) is 13.5 Å². The lowest BCUT2D eigenvalue weighted by Crippen LogP contribution is -2.40. The molecule has 10 heteroatoms. The number of morpholine rings is 1. The van der Waals surface area contributed by atoms with Gasteiger partial charge in [0.15, 0.2) is 0 Å². The average Bonchev–Trinajstić information content (AvgIpc) is 3.35. The third-order valence-corrected chi connectivity index (χ3v) is 9.37. The van der Waals surface area contributed by atoms with E-state index in [1.54, 1.807) is 18.3 Å². The van der Waals surface area contributed by atoms with Crippen molar-refractivity contribution in [3.8, 4) is 11.3 Å². The molecule has 0 spiro atoms. The number of H-pyrrole nitrogens is 1. The number of ether oxygens (including phenoxy) is 1. The lowest BCUT2D eigenvalue weighted by Gasteiger charge is -2.28. The quantitative estimate of drug-likeness (QED) is 0.438. The molecular formula is C26H35N5O4S. The van der Waals surface area contributed by atoms with Crippen LogP contribution in [0.4, 0.5) is 5.69 Å². The molecule has 0 amide bonds. The van der Waals surface area contributed by atoms with E-state index in [1.165, 1.54) is 10.5 Å². The molecule has 1 aliphatic heterocycles. The van der Waals surface area contributed by atoms with Gasteiger partial charge < -0.3 is 20.1 Å². The maximum atomic E-state index is 13.0. The number of aliphatic hydroxyl groups is 1. The summed E-state index contributed by atoms with van der Waals surface area (Å²) in [5.41, 5.74) is 4.40. The van der Waals surface area contributed by atoms with Crippen molar-refractivity contribution >= 4 is 26.7 Å². The van der Waals surface area contributed by atoms with E-state index in [4.69, 9.17) is 4.74 Å². The number of pyridine rings is 2. The second-order valence-corrected chi connectivity index (χ2v) is 11.8. The van der Waals surface area contributed by atoms with Crippen LogP contribution in [0.15, 0.2) is 35.5 Å². The fraction of sp³-hybridized carbons (Fsp3) is 0.538. The Kier molecular flexibility index (Phi) is 7.30. The highest BCUT2D eigenvalue weighted by atomic mass is 32.2. The molecule has 3 N–H and O–H groups in total. The molecule has 194 valence electrons. The number of aromatic nitrogens is 3. The molecule has 1 unspecified atom stereocenters. The van der Waals surface area contributed by atoms with Gasteiger partial charge in [-0.15, -0.1) is 0 Å². The van der Waals surface area contributed by atoms with Gasteiger partial charge in [0.2, 0.25) is 10.0 Å². The number of hydrogen-bond acceptors (Lipinski definition) is 7. The topological polar surface area (TPSA) is 120 Å². The SMILES string of the molecule is CCC(C)c1cc2c(N[C@H]3CC[C@H](O)CC3)c(-c3ccc(S(=O)(=O)N4CCOCC4)cn3)cnc2[nH]1. The number of nitrogens with one attached hydrogen (secondary N) is 2. The van der Waals surface area contributed by atoms with Crippen LogP contribution < -0.4 is 5.32 Å². The molecule has 36 heavy (non-hydrogen) atoms. The number of aliphatic hydroxyl groups excluding tert-OH is 1. The summed E-state index contributed by atoms with van der Waals surface area (Å²) in [6, 6.07) is 5.78. The van der Waals surface area contributed by atoms with Gasteiger partial charge in [-0.2, -0.15) is 4.31 Å². The average molecular weight is 514 g/mol. The van der Waals surface area contributed by atoms with Crippen LogP contribution in [-0.2, 0) is 14.8 Å². The summed E-state index contributed by atoms with van der Waals surface area (Å²) in [5, 5.41) is 14.7. The highest BCUT2D eigenvalue weighted by Gasteiger charge is 2.27. The normalized spacial score (nSPS) is 22.5. The van der Waals surface area contributed by atoms with E-state index < -0.39 is 10.0 Å². The van der Waals surface area contributed by atoms with E-state index in [2.05, 4.69) is 40.2 Å². The predicted octanol–water partition coefficient (Wildman–Crippen LogP) is 3.87. The molecule has 0 radical (unpaired) electrons. The van der Waals surface area contributed by atoms with Gasteiger partial charge in [-0.1, -0.05) is 13.8 Å². The number of sulfonamides is 1. The van der Waals surface area contributed by atoms with E-state index in [0.29, 0.717) is 37.9 Å². The first-order valence-corrected chi connectivity index (χ1v) is 14.3. The van der Waals surface area contributed by atoms with Gasteiger partial charge in [-0.3, -0.25) is 4.98 Å². The van der Waals surface area contributed by atoms with Gasteiger partial charge in [-0.25, -0.2) is 13.4 Å². The summed E-state index contributed by atoms with van der Waals surface area (Å²) in [6.07, 6.45) is 7.35. The zero-order valence-electron chi connectivity index (χ0n) is 20.9. The molecule has 0 aromatic carbocycles. The number of anilines is 1. The van der Waals surface area contributed by atoms with Crippen molar-refractivity contribution in [3.63, 3.8) is 0 Å². The molecule has 3 aromatic rings. The van der Waals surface area contributed by atoms with Crippen LogP contribution in [0, 0.1) is 0 Å². The maximum absolute atomic E-state index is 13.0. The number of hydrogen-bond donors (Lipinski definition) is 3. The first kappa shape index (κ1) is 25.1. The Labute approximate surface area is 212 Å². The van der Waals surface area contributed by atoms with Crippen LogP contribution >= 0.6 is 0 Å². The Hall–Kier alpha value is -2.53. The minimum atomic E-state index is -3.61. The van der Waals surface area contributed by atoms with Crippen molar-refractivity contribution < 1.29 is 18.3 Å². The minimum Gasteiger partial charge on any atom is -0.393 e. The molecule has 1 aliphatic carbocycles. The second kappa shape index (κ2) is 10.5. The van der Waals surface area contributed by atoms with Crippen molar-refractivity contribution in [1.29, 1.82) is 0 Å². The first-order chi connectivity index (χ1) is 17.4. The number of aromatic amines is 1. The summed E-state index contributed by atoms with van der Waals surface area (Å²) in [7, 11) is -3.61. The smallest absolute Gasteiger partial charge is 0.244 e. The van der Waals surface area contributed by atoms with E-state index in [-0.39, 0.29) is 17.0 Å². The molecule has 1 atom stereocenters. The lowest BCUT2D eigenvalue weighted by atomic mass is 9.92. The van der Waals surface area contributed by atoms with Crippen LogP contribution in [0.2, 0.25) is 0 Å². The van der Waals surface area contributed by atoms with Crippen molar-refractivity contribution in [2.45, 2.75) is 68.9 Å². The zero-order chi connectivity index (χ0) is 25.3. The molecular weight excluding hydrogens is 478 g/mol. The van der Waals surface area contributed by atoms with Crippen LogP contribution in [-0.4, -0.2) is 71.2 Å². The second-order valence-electron chi connectivity index (χ2n) is 9.89. The van der Waals surface area contributed by atoms with Crippen LogP contribution in [0.3, 0.4) is 0 Å². The highest BCUT2D eigenvalue weighted by molar-refractivity contribution is 7.89. The third kappa shape index (κ3) is 5.00. The van der Waals surface area contributed by atoms with Crippen molar-refractivity contribution in [3.05, 3.63) is 36.3 Å². The summed E-state index contributed by atoms with van der Waals surface area (Å²) in [6.45, 7) is 5.86. The molecule has 2 fully saturated rings. The monoisotopic (exact) mass is 513 g/mol. The summed E-state index contributed by atoms with van der Waals surface area (Å²) >= 11 is 0. The van der Waals surface area contributed by atoms with E-state index >= 15 is 0 Å². The van der Waals surface area contributed by atoms with Gasteiger partial charge in [0.05, 0.1) is 30.7 Å². The summed E-state index contributed by atoms with van der Waals surface area (Å²) in [4.78, 5) is 12.9. The summed E-state index contributed by atoms with van der Waals surface area (Å²) in [5.74, 6) is 0.378. The molecule has 4 heterocycles. The summed E-state index contributed by atoms with van der Waals surface area (Å²) < 4.78 is 32.8. The molecule has 9 nitrogen and oxygen atoms in total. The predicted molar refractivity (Wildman–Crippen MR) is 139 cm³/mol. The standard InChI is InChI=1S/C26H35N5O4S/c1-3-17(2)24-14-21-25(29-18-4-6-19(32)7-5-18)22(16-28-26(21)30-24)23-9-8-20(15-27-23)36(33,34)31-10-12-35-13-11-31/h8-9,14-19,32H,3-7,10-13H2,1-2H3,(H2,28,29,30)/t17?,18-,19-. The molecule has 3 aromatic heterocycles. The fourth-order valence-electron chi connectivity index (χ4n) is 4.98. The van der Waals surface area contributed by atoms with Crippen molar-refractivity contribution in [2.24, 2.45) is 0 Å². The third-order valence-electron chi connectivity index (χ3n) is 7.49. The molecule has 5 rings (SSSR count). The van der Waals surface area contributed by atoms with Crippen LogP contribution in [0.5, 0.6) is 0 Å². The van der Waals surface area contributed by atoms with Crippen molar-refractivity contribution in [2.75, 3.05) is 31.6 Å². The zero-order valence-corrected chi connectivity index (χ0v) is 21.7. The minimum absolute atomic E-state index is 0.179. The molecule has 2 aliphatic rings. The van der Waals surface area contributed by atoms with Crippen LogP contribution in [0.1, 0.15) is 57.6 Å². The molecule has 1 saturated carbocycles. The number of nitrogens with zero attached hydrogens (tertiary/aromatic N) is 3. The van der Waals surface area contributed by atoms with Gasteiger partial charge in [0, 0.05) is 48.2 Å². The molecule has 0 bridgehead atoms. The first-order valence-electron chi connectivity index (χ1n) is 12.9. The Balaban J connectivity index is 1.51. The van der Waals surface area contributed by atoms with E-state index in [1.807, 2.05) is 0 Å². The van der Waals surface area contributed by atoms with Crippen molar-refractivity contribution in [1.82, 2.24) is 19.3 Å². The Morgan fingerprint density at radius 2 is 1.92 bits per heavy atom. The van der Waals surface area contributed by atoms with Gasteiger partial charge >= 0.3 is 0 Å². The molecule has 1 saturated heterocycles. The lowest BCUT2D eigenvalue weighted by molar-refractivity contribution is 0.0730. The largest absolute Gasteiger partial charge is 0.393 e.